The lowest BCUT2D eigenvalue weighted by Crippen LogP contribution is -2.42. The third kappa shape index (κ3) is 5.30. The van der Waals surface area contributed by atoms with E-state index in [9.17, 15) is 19.3 Å². The Kier molecular flexibility index (Phi) is 5.81. The van der Waals surface area contributed by atoms with E-state index in [0.717, 1.165) is 12.8 Å². The molecule has 0 aromatic heterocycles. The lowest BCUT2D eigenvalue weighted by Gasteiger charge is -2.33. The first-order chi connectivity index (χ1) is 11.7. The third-order valence-electron chi connectivity index (χ3n) is 4.02. The number of nitro benzene ring substituents is 1. The molecule has 25 heavy (non-hydrogen) atoms. The van der Waals surface area contributed by atoms with Crippen LogP contribution in [0, 0.1) is 21.8 Å². The van der Waals surface area contributed by atoms with Gasteiger partial charge < -0.3 is 15.0 Å². The smallest absolute Gasteiger partial charge is 0.410 e. The van der Waals surface area contributed by atoms with E-state index in [0.29, 0.717) is 19.6 Å². The monoisotopic (exact) mass is 353 g/mol. The molecule has 138 valence electrons. The van der Waals surface area contributed by atoms with Crippen LogP contribution in [-0.2, 0) is 4.74 Å². The van der Waals surface area contributed by atoms with Gasteiger partial charge in [-0.3, -0.25) is 10.1 Å². The molecule has 0 atom stereocenters. The van der Waals surface area contributed by atoms with Crippen molar-refractivity contribution < 1.29 is 18.8 Å². The molecule has 1 fully saturated rings. The van der Waals surface area contributed by atoms with Crippen molar-refractivity contribution in [3.8, 4) is 0 Å². The molecule has 0 aliphatic carbocycles. The van der Waals surface area contributed by atoms with E-state index in [1.54, 1.807) is 4.90 Å². The van der Waals surface area contributed by atoms with Crippen LogP contribution >= 0.6 is 0 Å². The van der Waals surface area contributed by atoms with Crippen molar-refractivity contribution >= 4 is 17.5 Å². The van der Waals surface area contributed by atoms with Gasteiger partial charge in [-0.15, -0.1) is 0 Å². The molecule has 0 spiro atoms. The van der Waals surface area contributed by atoms with E-state index in [2.05, 4.69) is 5.32 Å². The van der Waals surface area contributed by atoms with Crippen molar-refractivity contribution in [3.63, 3.8) is 0 Å². The van der Waals surface area contributed by atoms with Crippen LogP contribution < -0.4 is 5.32 Å². The van der Waals surface area contributed by atoms with Crippen LogP contribution in [0.1, 0.15) is 33.6 Å². The van der Waals surface area contributed by atoms with Gasteiger partial charge in [0.25, 0.3) is 5.69 Å². The van der Waals surface area contributed by atoms with E-state index in [1.807, 2.05) is 20.8 Å². The molecular formula is C17H24FN3O4. The fourth-order valence-corrected chi connectivity index (χ4v) is 2.73. The lowest BCUT2D eigenvalue weighted by atomic mass is 9.97. The number of para-hydroxylation sites is 1. The predicted octanol–water partition coefficient (Wildman–Crippen LogP) is 3.79. The molecule has 0 bridgehead atoms. The number of hydrogen-bond acceptors (Lipinski definition) is 5. The molecule has 1 aliphatic heterocycles. The minimum atomic E-state index is -0.639. The highest BCUT2D eigenvalue weighted by molar-refractivity contribution is 5.68. The SMILES string of the molecule is CC(C)(C)OC(=O)N1CCC(CNc2c(F)cccc2[N+](=O)[O-])CC1. The van der Waals surface area contributed by atoms with Crippen LogP contribution in [0.25, 0.3) is 0 Å². The second-order valence-corrected chi connectivity index (χ2v) is 7.18. The number of ether oxygens (including phenoxy) is 1. The first-order valence-corrected chi connectivity index (χ1v) is 8.32. The van der Waals surface area contributed by atoms with Crippen LogP contribution in [0.4, 0.5) is 20.6 Å². The molecule has 7 nitrogen and oxygen atoms in total. The number of hydrogen-bond donors (Lipinski definition) is 1. The Bertz CT molecular complexity index is 637. The molecule has 8 heteroatoms. The molecule has 1 aromatic carbocycles. The molecule has 1 N–H and O–H groups in total. The van der Waals surface area contributed by atoms with Gasteiger partial charge in [-0.05, 0) is 45.6 Å². The average Bonchev–Trinajstić information content (AvgIpc) is 2.52. The van der Waals surface area contributed by atoms with Crippen molar-refractivity contribution in [2.24, 2.45) is 5.92 Å². The van der Waals surface area contributed by atoms with E-state index in [4.69, 9.17) is 4.74 Å². The quantitative estimate of drug-likeness (QED) is 0.657. The summed E-state index contributed by atoms with van der Waals surface area (Å²) >= 11 is 0. The van der Waals surface area contributed by atoms with Crippen molar-refractivity contribution in [1.29, 1.82) is 0 Å². The number of carbonyl (C=O) groups is 1. The summed E-state index contributed by atoms with van der Waals surface area (Å²) in [5, 5.41) is 13.9. The summed E-state index contributed by atoms with van der Waals surface area (Å²) in [5.41, 5.74) is -0.882. The van der Waals surface area contributed by atoms with Crippen molar-refractivity contribution in [2.75, 3.05) is 25.0 Å². The third-order valence-corrected chi connectivity index (χ3v) is 4.02. The first-order valence-electron chi connectivity index (χ1n) is 8.32. The Hall–Kier alpha value is -2.38. The number of amides is 1. The summed E-state index contributed by atoms with van der Waals surface area (Å²) < 4.78 is 19.2. The maximum Gasteiger partial charge on any atom is 0.410 e. The summed E-state index contributed by atoms with van der Waals surface area (Å²) in [5.74, 6) is -0.432. The van der Waals surface area contributed by atoms with Gasteiger partial charge >= 0.3 is 6.09 Å². The van der Waals surface area contributed by atoms with Crippen molar-refractivity contribution in [1.82, 2.24) is 4.90 Å². The van der Waals surface area contributed by atoms with E-state index >= 15 is 0 Å². The van der Waals surface area contributed by atoms with Crippen LogP contribution in [0.3, 0.4) is 0 Å². The zero-order valence-electron chi connectivity index (χ0n) is 14.8. The second-order valence-electron chi connectivity index (χ2n) is 7.18. The lowest BCUT2D eigenvalue weighted by molar-refractivity contribution is -0.384. The van der Waals surface area contributed by atoms with E-state index < -0.39 is 16.3 Å². The Labute approximate surface area is 146 Å². The number of nitrogens with one attached hydrogen (secondary N) is 1. The topological polar surface area (TPSA) is 84.7 Å². The molecule has 1 heterocycles. The highest BCUT2D eigenvalue weighted by Gasteiger charge is 2.27. The molecule has 1 aliphatic rings. The van der Waals surface area contributed by atoms with Crippen LogP contribution in [0.5, 0.6) is 0 Å². The Balaban J connectivity index is 1.87. The Morgan fingerprint density at radius 2 is 2.04 bits per heavy atom. The molecule has 1 amide bonds. The maximum atomic E-state index is 13.9. The fourth-order valence-electron chi connectivity index (χ4n) is 2.73. The number of anilines is 1. The van der Waals surface area contributed by atoms with Gasteiger partial charge in [0.15, 0.2) is 5.82 Å². The van der Waals surface area contributed by atoms with Gasteiger partial charge in [0, 0.05) is 25.7 Å². The van der Waals surface area contributed by atoms with Crippen molar-refractivity contribution in [3.05, 3.63) is 34.1 Å². The minimum Gasteiger partial charge on any atom is -0.444 e. The van der Waals surface area contributed by atoms with Gasteiger partial charge in [-0.1, -0.05) is 6.07 Å². The van der Waals surface area contributed by atoms with Gasteiger partial charge in [-0.2, -0.15) is 0 Å². The van der Waals surface area contributed by atoms with Crippen LogP contribution in [0.15, 0.2) is 18.2 Å². The Morgan fingerprint density at radius 1 is 1.40 bits per heavy atom. The predicted molar refractivity (Wildman–Crippen MR) is 92.1 cm³/mol. The Morgan fingerprint density at radius 3 is 2.60 bits per heavy atom. The standard InChI is InChI=1S/C17H24FN3O4/c1-17(2,3)25-16(22)20-9-7-12(8-10-20)11-19-15-13(18)5-4-6-14(15)21(23)24/h4-6,12,19H,7-11H2,1-3H3. The number of benzene rings is 1. The summed E-state index contributed by atoms with van der Waals surface area (Å²) in [4.78, 5) is 24.1. The molecular weight excluding hydrogens is 329 g/mol. The molecule has 1 saturated heterocycles. The summed E-state index contributed by atoms with van der Waals surface area (Å²) in [6, 6.07) is 3.79. The molecule has 0 radical (unpaired) electrons. The zero-order valence-corrected chi connectivity index (χ0v) is 14.8. The largest absolute Gasteiger partial charge is 0.444 e. The molecule has 2 rings (SSSR count). The number of nitrogens with zero attached hydrogens (tertiary/aromatic N) is 2. The van der Waals surface area contributed by atoms with Gasteiger partial charge in [0.2, 0.25) is 0 Å². The number of halogens is 1. The fraction of sp³-hybridized carbons (Fsp3) is 0.588. The van der Waals surface area contributed by atoms with Gasteiger partial charge in [-0.25, -0.2) is 9.18 Å². The second kappa shape index (κ2) is 7.67. The molecule has 0 unspecified atom stereocenters. The van der Waals surface area contributed by atoms with Crippen LogP contribution in [0.2, 0.25) is 0 Å². The molecule has 0 saturated carbocycles. The highest BCUT2D eigenvalue weighted by Crippen LogP contribution is 2.28. The number of piperidine rings is 1. The summed E-state index contributed by atoms with van der Waals surface area (Å²) in [7, 11) is 0. The van der Waals surface area contributed by atoms with Crippen LogP contribution in [-0.4, -0.2) is 41.2 Å². The first kappa shape index (κ1) is 19.0. The average molecular weight is 353 g/mol. The number of nitro groups is 1. The minimum absolute atomic E-state index is 0.0814. The van der Waals surface area contributed by atoms with Gasteiger partial charge in [0.05, 0.1) is 4.92 Å². The number of rotatable bonds is 4. The summed E-state index contributed by atoms with van der Waals surface area (Å²) in [6.07, 6.45) is 1.13. The van der Waals surface area contributed by atoms with Crippen molar-refractivity contribution in [2.45, 2.75) is 39.2 Å². The maximum absolute atomic E-state index is 13.9. The normalized spacial score (nSPS) is 15.8. The number of likely N-dealkylation sites (tertiary alicyclic amines) is 1. The zero-order chi connectivity index (χ0) is 18.6. The molecule has 1 aromatic rings. The highest BCUT2D eigenvalue weighted by atomic mass is 19.1. The van der Waals surface area contributed by atoms with E-state index in [1.165, 1.54) is 18.2 Å². The van der Waals surface area contributed by atoms with E-state index in [-0.39, 0.29) is 23.4 Å². The number of carbonyl (C=O) groups excluding carboxylic acids is 1. The summed E-state index contributed by atoms with van der Waals surface area (Å²) in [6.45, 7) is 7.00. The van der Waals surface area contributed by atoms with Gasteiger partial charge in [0.1, 0.15) is 11.3 Å².